The number of carbonyl (C=O) groups excluding carboxylic acids is 2. The molecule has 1 aromatic carbocycles. The van der Waals surface area contributed by atoms with Crippen molar-refractivity contribution in [3.8, 4) is 0 Å². The van der Waals surface area contributed by atoms with Crippen LogP contribution < -0.4 is 16.3 Å². The summed E-state index contributed by atoms with van der Waals surface area (Å²) in [5.74, 6) is -1.39. The zero-order valence-electron chi connectivity index (χ0n) is 17.0. The Labute approximate surface area is 192 Å². The summed E-state index contributed by atoms with van der Waals surface area (Å²) in [6, 6.07) is 9.44. The summed E-state index contributed by atoms with van der Waals surface area (Å²) in [5, 5.41) is 6.73. The molecule has 0 aromatic heterocycles. The molecular weight excluding hydrogens is 514 g/mol. The van der Waals surface area contributed by atoms with Gasteiger partial charge in [-0.15, -0.1) is 0 Å². The second-order valence-corrected chi connectivity index (χ2v) is 7.34. The number of benzene rings is 1. The first kappa shape index (κ1) is 25.3. The van der Waals surface area contributed by atoms with Crippen molar-refractivity contribution in [3.05, 3.63) is 72.9 Å². The average Bonchev–Trinajstić information content (AvgIpc) is 2.74. The maximum absolute atomic E-state index is 12.7. The van der Waals surface area contributed by atoms with Gasteiger partial charge in [-0.05, 0) is 0 Å². The summed E-state index contributed by atoms with van der Waals surface area (Å²) in [6.45, 7) is 7.37. The predicted molar refractivity (Wildman–Crippen MR) is 124 cm³/mol. The molecule has 2 amide bonds. The first-order chi connectivity index (χ1) is 14.3. The van der Waals surface area contributed by atoms with Crippen LogP contribution in [0.3, 0.4) is 0 Å². The zero-order chi connectivity index (χ0) is 22.7. The number of hydrazone groups is 1. The summed E-state index contributed by atoms with van der Waals surface area (Å²) >= 11 is 5.76. The van der Waals surface area contributed by atoms with Crippen LogP contribution in [0.1, 0.15) is 5.56 Å². The minimum atomic E-state index is -0.700. The van der Waals surface area contributed by atoms with Gasteiger partial charge in [-0.2, -0.15) is 0 Å². The summed E-state index contributed by atoms with van der Waals surface area (Å²) in [6.07, 6.45) is 4.94. The number of hydrogen-bond acceptors (Lipinski definition) is 6. The number of nitrogens with zero attached hydrogens (tertiary/aromatic N) is 3. The molecule has 0 aliphatic rings. The van der Waals surface area contributed by atoms with E-state index in [2.05, 4.69) is 65.7 Å². The number of nitrogens with one attached hydrogen (secondary N) is 3. The molecule has 0 bridgehead atoms. The normalized spacial score (nSPS) is 11.0. The Morgan fingerprint density at radius 1 is 1.03 bits per heavy atom. The number of hydrogen-bond donors (Lipinski definition) is 3. The molecular formula is C20H24N6O2Se2. The molecule has 1 rings (SSSR count). The molecule has 0 radical (unpaired) electrons. The summed E-state index contributed by atoms with van der Waals surface area (Å²) in [7, 11) is 4.77. The monoisotopic (exact) mass is 540 g/mol. The Morgan fingerprint density at radius 2 is 1.60 bits per heavy atom. The molecule has 0 heterocycles. The van der Waals surface area contributed by atoms with Crippen LogP contribution in [0.2, 0.25) is 0 Å². The third kappa shape index (κ3) is 7.24. The standard InChI is InChI=1S/C20H24N6O2Se2/c1-6-11-14(7-2)19(29)25(4)23-17(27)16(22-21-3)18(28)24-26(5)20(30)15-12-9-8-10-13-15/h6-13,21H,1-2H2,3-5H3,(H,23,27)(H,24,28)/b14-11+,22-16+. The van der Waals surface area contributed by atoms with E-state index in [1.165, 1.54) is 17.1 Å². The number of allylic oxidation sites excluding steroid dienone is 2. The summed E-state index contributed by atoms with van der Waals surface area (Å²) < 4.78 is 1.26. The molecule has 0 aliphatic heterocycles. The molecule has 0 aliphatic carbocycles. The Bertz CT molecular complexity index is 896. The molecule has 0 atom stereocenters. The Hall–Kier alpha value is -2.77. The van der Waals surface area contributed by atoms with Gasteiger partial charge in [-0.1, -0.05) is 0 Å². The van der Waals surface area contributed by atoms with Crippen LogP contribution in [0.4, 0.5) is 0 Å². The Balaban J connectivity index is 2.89. The van der Waals surface area contributed by atoms with Gasteiger partial charge in [0.1, 0.15) is 0 Å². The molecule has 10 heteroatoms. The molecule has 158 valence electrons. The summed E-state index contributed by atoms with van der Waals surface area (Å²) in [4.78, 5) is 25.3. The third-order valence-electron chi connectivity index (χ3n) is 3.59. The average molecular weight is 538 g/mol. The number of likely N-dealkylation sites (N-methyl/N-ethyl adjacent to an activating group) is 1. The van der Waals surface area contributed by atoms with E-state index >= 15 is 0 Å². The van der Waals surface area contributed by atoms with Gasteiger partial charge in [0.25, 0.3) is 0 Å². The van der Waals surface area contributed by atoms with Gasteiger partial charge in [0.2, 0.25) is 0 Å². The molecule has 0 unspecified atom stereocenters. The molecule has 1 aromatic rings. The predicted octanol–water partition coefficient (Wildman–Crippen LogP) is -0.569. The second kappa shape index (κ2) is 12.7. The molecule has 0 fully saturated rings. The van der Waals surface area contributed by atoms with Crippen molar-refractivity contribution < 1.29 is 9.59 Å². The quantitative estimate of drug-likeness (QED) is 0.116. The van der Waals surface area contributed by atoms with E-state index in [4.69, 9.17) is 0 Å². The van der Waals surface area contributed by atoms with Gasteiger partial charge in [-0.25, -0.2) is 0 Å². The second-order valence-electron chi connectivity index (χ2n) is 5.72. The molecule has 3 N–H and O–H groups in total. The van der Waals surface area contributed by atoms with Gasteiger partial charge >= 0.3 is 193 Å². The fourth-order valence-electron chi connectivity index (χ4n) is 2.15. The van der Waals surface area contributed by atoms with Crippen LogP contribution in [0, 0.1) is 0 Å². The van der Waals surface area contributed by atoms with Crippen molar-refractivity contribution in [3.63, 3.8) is 0 Å². The van der Waals surface area contributed by atoms with Crippen molar-refractivity contribution in [2.45, 2.75) is 0 Å². The van der Waals surface area contributed by atoms with E-state index in [0.29, 0.717) is 14.7 Å². The minimum absolute atomic E-state index is 0.349. The molecule has 0 saturated carbocycles. The fourth-order valence-corrected chi connectivity index (χ4v) is 2.94. The molecule has 0 spiro atoms. The first-order valence-corrected chi connectivity index (χ1v) is 10.4. The molecule has 8 nitrogen and oxygen atoms in total. The number of amides is 2. The topological polar surface area (TPSA) is 89.1 Å². The van der Waals surface area contributed by atoms with Gasteiger partial charge in [-0.3, -0.25) is 0 Å². The van der Waals surface area contributed by atoms with Crippen LogP contribution in [0.25, 0.3) is 0 Å². The van der Waals surface area contributed by atoms with Crippen molar-refractivity contribution >= 4 is 57.8 Å². The molecule has 30 heavy (non-hydrogen) atoms. The number of rotatable bonds is 11. The fraction of sp³-hybridized carbons (Fsp3) is 0.150. The Kier molecular flexibility index (Phi) is 10.7. The van der Waals surface area contributed by atoms with Gasteiger partial charge in [0.15, 0.2) is 0 Å². The van der Waals surface area contributed by atoms with E-state index in [9.17, 15) is 9.59 Å². The van der Waals surface area contributed by atoms with E-state index in [-0.39, 0.29) is 5.71 Å². The van der Waals surface area contributed by atoms with E-state index in [1.807, 2.05) is 30.3 Å². The number of hydrazine groups is 2. The Morgan fingerprint density at radius 3 is 2.10 bits per heavy atom. The van der Waals surface area contributed by atoms with Gasteiger partial charge < -0.3 is 0 Å². The maximum atomic E-state index is 12.7. The van der Waals surface area contributed by atoms with Crippen molar-refractivity contribution in [1.29, 1.82) is 0 Å². The van der Waals surface area contributed by atoms with Crippen LogP contribution in [0.5, 0.6) is 0 Å². The van der Waals surface area contributed by atoms with E-state index in [1.54, 1.807) is 32.3 Å². The van der Waals surface area contributed by atoms with Gasteiger partial charge in [0.05, 0.1) is 0 Å². The first-order valence-electron chi connectivity index (χ1n) is 8.69. The van der Waals surface area contributed by atoms with Crippen LogP contribution in [-0.4, -0.2) is 88.9 Å². The van der Waals surface area contributed by atoms with Crippen molar-refractivity contribution in [2.75, 3.05) is 21.1 Å². The van der Waals surface area contributed by atoms with E-state index in [0.717, 1.165) is 5.56 Å². The van der Waals surface area contributed by atoms with E-state index < -0.39 is 11.8 Å². The van der Waals surface area contributed by atoms with Gasteiger partial charge in [0, 0.05) is 0 Å². The number of carbonyl (C=O) groups is 2. The zero-order valence-corrected chi connectivity index (χ0v) is 20.4. The van der Waals surface area contributed by atoms with Crippen molar-refractivity contribution in [1.82, 2.24) is 26.3 Å². The SMILES string of the molecule is C=C/C=C(\C=C)C(=[Se])N(C)NC(=O)/C(=N\NC)C(=O)NN(C)C(=[Se])c1ccccc1. The third-order valence-corrected chi connectivity index (χ3v) is 5.72. The molecule has 0 saturated heterocycles. The summed E-state index contributed by atoms with van der Waals surface area (Å²) in [5.41, 5.74) is 8.94. The van der Waals surface area contributed by atoms with Crippen LogP contribution in [0.15, 0.2) is 72.4 Å². The van der Waals surface area contributed by atoms with Crippen LogP contribution in [-0.2, 0) is 9.59 Å². The van der Waals surface area contributed by atoms with Crippen LogP contribution >= 0.6 is 0 Å². The van der Waals surface area contributed by atoms with Crippen molar-refractivity contribution in [2.24, 2.45) is 5.10 Å².